The molecule has 1 amide bonds. The SMILES string of the molecule is CC(C)Sc1nc2cc(C(N)=O)ccc2n2c(C(F)(F)F)nnc12. The average Bonchev–Trinajstić information content (AvgIpc) is 2.91. The number of amides is 1. The molecule has 0 unspecified atom stereocenters. The molecule has 1 aromatic carbocycles. The quantitative estimate of drug-likeness (QED) is 0.730. The van der Waals surface area contributed by atoms with Crippen molar-refractivity contribution < 1.29 is 18.0 Å². The number of thioether (sulfide) groups is 1. The second-order valence-electron chi connectivity index (χ2n) is 5.33. The summed E-state index contributed by atoms with van der Waals surface area (Å²) in [6.07, 6.45) is -4.67. The maximum Gasteiger partial charge on any atom is 0.452 e. The summed E-state index contributed by atoms with van der Waals surface area (Å²) in [6.45, 7) is 3.77. The lowest BCUT2D eigenvalue weighted by atomic mass is 10.2. The zero-order chi connectivity index (χ0) is 17.6. The lowest BCUT2D eigenvalue weighted by Gasteiger charge is -2.11. The van der Waals surface area contributed by atoms with Gasteiger partial charge in [0, 0.05) is 10.8 Å². The molecule has 0 spiro atoms. The van der Waals surface area contributed by atoms with E-state index in [0.717, 1.165) is 4.40 Å². The Balaban J connectivity index is 2.42. The molecular formula is C14H12F3N5OS. The molecule has 0 aliphatic heterocycles. The van der Waals surface area contributed by atoms with Crippen molar-refractivity contribution in [2.45, 2.75) is 30.3 Å². The van der Waals surface area contributed by atoms with Crippen LogP contribution in [-0.4, -0.2) is 30.7 Å². The molecule has 3 rings (SSSR count). The molecule has 3 aromatic rings. The van der Waals surface area contributed by atoms with Gasteiger partial charge in [-0.05, 0) is 18.2 Å². The summed E-state index contributed by atoms with van der Waals surface area (Å²) in [5.74, 6) is -1.82. The van der Waals surface area contributed by atoms with Gasteiger partial charge in [-0.3, -0.25) is 9.20 Å². The van der Waals surface area contributed by atoms with Gasteiger partial charge in [0.1, 0.15) is 5.03 Å². The summed E-state index contributed by atoms with van der Waals surface area (Å²) in [4.78, 5) is 15.7. The summed E-state index contributed by atoms with van der Waals surface area (Å²) >= 11 is 1.26. The minimum absolute atomic E-state index is 0.0281. The van der Waals surface area contributed by atoms with Crippen molar-refractivity contribution >= 4 is 34.3 Å². The number of rotatable bonds is 3. The van der Waals surface area contributed by atoms with Crippen LogP contribution in [-0.2, 0) is 6.18 Å². The lowest BCUT2D eigenvalue weighted by molar-refractivity contribution is -0.145. The van der Waals surface area contributed by atoms with E-state index in [0.29, 0.717) is 5.03 Å². The normalized spacial score (nSPS) is 12.4. The Hall–Kier alpha value is -2.36. The molecule has 0 aliphatic rings. The van der Waals surface area contributed by atoms with Crippen LogP contribution in [0.1, 0.15) is 30.0 Å². The topological polar surface area (TPSA) is 86.2 Å². The molecule has 0 saturated carbocycles. The van der Waals surface area contributed by atoms with Crippen LogP contribution in [0.15, 0.2) is 23.2 Å². The van der Waals surface area contributed by atoms with Gasteiger partial charge in [-0.1, -0.05) is 25.6 Å². The number of carbonyl (C=O) groups is 1. The fourth-order valence-corrected chi connectivity index (χ4v) is 3.09. The van der Waals surface area contributed by atoms with Crippen LogP contribution in [0.25, 0.3) is 16.7 Å². The van der Waals surface area contributed by atoms with Crippen molar-refractivity contribution in [3.8, 4) is 0 Å². The van der Waals surface area contributed by atoms with Gasteiger partial charge in [-0.25, -0.2) is 4.98 Å². The van der Waals surface area contributed by atoms with E-state index in [2.05, 4.69) is 15.2 Å². The van der Waals surface area contributed by atoms with Gasteiger partial charge < -0.3 is 5.73 Å². The van der Waals surface area contributed by atoms with Gasteiger partial charge in [-0.15, -0.1) is 10.2 Å². The standard InChI is InChI=1S/C14H12F3N5OS/c1-6(2)24-12-11-20-21-13(14(15,16)17)22(11)9-4-3-7(10(18)23)5-8(9)19-12/h3-6H,1-2H3,(H2,18,23). The first-order valence-electron chi connectivity index (χ1n) is 6.91. The number of nitrogens with zero attached hydrogens (tertiary/aromatic N) is 4. The van der Waals surface area contributed by atoms with Crippen LogP contribution in [0, 0.1) is 0 Å². The highest BCUT2D eigenvalue weighted by Crippen LogP contribution is 2.34. The predicted molar refractivity (Wildman–Crippen MR) is 82.8 cm³/mol. The molecule has 0 atom stereocenters. The van der Waals surface area contributed by atoms with E-state index in [9.17, 15) is 18.0 Å². The third-order valence-electron chi connectivity index (χ3n) is 3.18. The molecule has 6 nitrogen and oxygen atoms in total. The molecule has 0 fully saturated rings. The van der Waals surface area contributed by atoms with Gasteiger partial charge >= 0.3 is 6.18 Å². The number of hydrogen-bond acceptors (Lipinski definition) is 5. The molecule has 126 valence electrons. The maximum atomic E-state index is 13.3. The third kappa shape index (κ3) is 2.77. The van der Waals surface area contributed by atoms with Crippen LogP contribution in [0.2, 0.25) is 0 Å². The Morgan fingerprint density at radius 2 is 2.00 bits per heavy atom. The number of nitrogens with two attached hydrogens (primary N) is 1. The number of fused-ring (bicyclic) bond motifs is 3. The zero-order valence-corrected chi connectivity index (χ0v) is 13.4. The molecule has 0 bridgehead atoms. The second kappa shape index (κ2) is 5.62. The first-order valence-corrected chi connectivity index (χ1v) is 7.79. The highest BCUT2D eigenvalue weighted by atomic mass is 32.2. The van der Waals surface area contributed by atoms with Gasteiger partial charge in [0.05, 0.1) is 11.0 Å². The monoisotopic (exact) mass is 355 g/mol. The van der Waals surface area contributed by atoms with Crippen molar-refractivity contribution in [1.82, 2.24) is 19.6 Å². The Kier molecular flexibility index (Phi) is 3.86. The van der Waals surface area contributed by atoms with E-state index >= 15 is 0 Å². The Morgan fingerprint density at radius 3 is 2.58 bits per heavy atom. The highest BCUT2D eigenvalue weighted by Gasteiger charge is 2.38. The molecule has 0 radical (unpaired) electrons. The fourth-order valence-electron chi connectivity index (χ4n) is 2.25. The van der Waals surface area contributed by atoms with E-state index in [1.54, 1.807) is 0 Å². The number of aromatic nitrogens is 4. The summed E-state index contributed by atoms with van der Waals surface area (Å²) in [7, 11) is 0. The number of primary amides is 1. The van der Waals surface area contributed by atoms with Crippen molar-refractivity contribution in [3.05, 3.63) is 29.6 Å². The van der Waals surface area contributed by atoms with E-state index in [1.165, 1.54) is 30.0 Å². The van der Waals surface area contributed by atoms with E-state index < -0.39 is 17.9 Å². The molecule has 24 heavy (non-hydrogen) atoms. The van der Waals surface area contributed by atoms with Crippen LogP contribution in [0.5, 0.6) is 0 Å². The summed E-state index contributed by atoms with van der Waals surface area (Å²) in [5, 5.41) is 7.33. The number of carbonyl (C=O) groups excluding carboxylic acids is 1. The minimum atomic E-state index is -4.67. The van der Waals surface area contributed by atoms with Crippen LogP contribution >= 0.6 is 11.8 Å². The van der Waals surface area contributed by atoms with E-state index in [-0.39, 0.29) is 27.5 Å². The average molecular weight is 355 g/mol. The molecular weight excluding hydrogens is 343 g/mol. The van der Waals surface area contributed by atoms with Gasteiger partial charge in [0.2, 0.25) is 11.7 Å². The molecule has 0 aliphatic carbocycles. The predicted octanol–water partition coefficient (Wildman–Crippen LogP) is 2.90. The summed E-state index contributed by atoms with van der Waals surface area (Å²) in [5.41, 5.74) is 5.79. The summed E-state index contributed by atoms with van der Waals surface area (Å²) < 4.78 is 40.7. The Bertz CT molecular complexity index is 951. The number of halogens is 3. The Morgan fingerprint density at radius 1 is 1.29 bits per heavy atom. The molecule has 2 aromatic heterocycles. The maximum absolute atomic E-state index is 13.3. The fraction of sp³-hybridized carbons (Fsp3) is 0.286. The highest BCUT2D eigenvalue weighted by molar-refractivity contribution is 8.00. The van der Waals surface area contributed by atoms with Crippen LogP contribution in [0.3, 0.4) is 0 Å². The van der Waals surface area contributed by atoms with E-state index in [1.807, 2.05) is 13.8 Å². The number of hydrogen-bond donors (Lipinski definition) is 1. The lowest BCUT2D eigenvalue weighted by Crippen LogP contribution is -2.13. The number of benzene rings is 1. The van der Waals surface area contributed by atoms with Crippen LogP contribution < -0.4 is 5.73 Å². The first-order chi connectivity index (χ1) is 11.2. The molecule has 0 saturated heterocycles. The van der Waals surface area contributed by atoms with Gasteiger partial charge in [0.15, 0.2) is 5.65 Å². The van der Waals surface area contributed by atoms with E-state index in [4.69, 9.17) is 5.73 Å². The smallest absolute Gasteiger partial charge is 0.366 e. The molecule has 2 heterocycles. The van der Waals surface area contributed by atoms with Crippen LogP contribution in [0.4, 0.5) is 13.2 Å². The first kappa shape index (κ1) is 16.5. The molecule has 2 N–H and O–H groups in total. The van der Waals surface area contributed by atoms with Gasteiger partial charge in [0.25, 0.3) is 0 Å². The third-order valence-corrected chi connectivity index (χ3v) is 4.15. The minimum Gasteiger partial charge on any atom is -0.366 e. The van der Waals surface area contributed by atoms with Crippen molar-refractivity contribution in [3.63, 3.8) is 0 Å². The Labute approximate surface area is 138 Å². The number of alkyl halides is 3. The van der Waals surface area contributed by atoms with Crippen molar-refractivity contribution in [1.29, 1.82) is 0 Å². The summed E-state index contributed by atoms with van der Waals surface area (Å²) in [6, 6.07) is 4.07. The van der Waals surface area contributed by atoms with Crippen molar-refractivity contribution in [2.75, 3.05) is 0 Å². The molecule has 10 heteroatoms. The zero-order valence-electron chi connectivity index (χ0n) is 12.6. The van der Waals surface area contributed by atoms with Crippen molar-refractivity contribution in [2.24, 2.45) is 5.73 Å². The second-order valence-corrected chi connectivity index (χ2v) is 6.90. The largest absolute Gasteiger partial charge is 0.452 e. The van der Waals surface area contributed by atoms with Gasteiger partial charge in [-0.2, -0.15) is 13.2 Å².